The largest absolute Gasteiger partial charge is 0.479 e. The highest BCUT2D eigenvalue weighted by atomic mass is 16.5. The Morgan fingerprint density at radius 2 is 2.08 bits per heavy atom. The molecule has 13 heavy (non-hydrogen) atoms. The van der Waals surface area contributed by atoms with Crippen LogP contribution in [0.3, 0.4) is 0 Å². The predicted molar refractivity (Wildman–Crippen MR) is 49.6 cm³/mol. The molecule has 3 unspecified atom stereocenters. The molecule has 1 aliphatic carbocycles. The van der Waals surface area contributed by atoms with Gasteiger partial charge >= 0.3 is 5.97 Å². The quantitative estimate of drug-likeness (QED) is 0.716. The SMILES string of the molecule is COC1(C(=O)O)CC(C)CCC1C. The fraction of sp³-hybridized carbons (Fsp3) is 0.900. The van der Waals surface area contributed by atoms with Crippen LogP contribution < -0.4 is 0 Å². The fourth-order valence-corrected chi connectivity index (χ4v) is 2.26. The Hall–Kier alpha value is -0.570. The minimum absolute atomic E-state index is 0.117. The summed E-state index contributed by atoms with van der Waals surface area (Å²) in [6.07, 6.45) is 2.70. The molecular weight excluding hydrogens is 168 g/mol. The van der Waals surface area contributed by atoms with E-state index in [1.165, 1.54) is 7.11 Å². The van der Waals surface area contributed by atoms with Gasteiger partial charge in [-0.3, -0.25) is 0 Å². The van der Waals surface area contributed by atoms with Crippen LogP contribution in [0.4, 0.5) is 0 Å². The first kappa shape index (κ1) is 10.5. The van der Waals surface area contributed by atoms with Crippen molar-refractivity contribution in [2.75, 3.05) is 7.11 Å². The summed E-state index contributed by atoms with van der Waals surface area (Å²) in [6.45, 7) is 4.05. The summed E-state index contributed by atoms with van der Waals surface area (Å²) in [4.78, 5) is 11.1. The third kappa shape index (κ3) is 1.70. The van der Waals surface area contributed by atoms with Gasteiger partial charge < -0.3 is 9.84 Å². The second-order valence-electron chi connectivity index (χ2n) is 4.19. The Bertz CT molecular complexity index is 202. The van der Waals surface area contributed by atoms with Crippen LogP contribution in [0.2, 0.25) is 0 Å². The van der Waals surface area contributed by atoms with Crippen LogP contribution in [0.15, 0.2) is 0 Å². The Balaban J connectivity index is 2.86. The molecule has 0 aromatic heterocycles. The summed E-state index contributed by atoms with van der Waals surface area (Å²) in [5, 5.41) is 9.15. The molecule has 0 saturated heterocycles. The maximum atomic E-state index is 11.1. The Kier molecular flexibility index (Phi) is 2.96. The van der Waals surface area contributed by atoms with Gasteiger partial charge in [0.25, 0.3) is 0 Å². The van der Waals surface area contributed by atoms with Gasteiger partial charge in [-0.05, 0) is 24.7 Å². The smallest absolute Gasteiger partial charge is 0.336 e. The number of carboxylic acids is 1. The first-order valence-electron chi connectivity index (χ1n) is 4.81. The topological polar surface area (TPSA) is 46.5 Å². The molecule has 3 heteroatoms. The first-order valence-corrected chi connectivity index (χ1v) is 4.81. The van der Waals surface area contributed by atoms with E-state index in [-0.39, 0.29) is 5.92 Å². The molecule has 0 heterocycles. The molecule has 1 saturated carbocycles. The lowest BCUT2D eigenvalue weighted by Gasteiger charge is -2.40. The molecule has 0 radical (unpaired) electrons. The van der Waals surface area contributed by atoms with E-state index in [1.54, 1.807) is 0 Å². The predicted octanol–water partition coefficient (Wildman–Crippen LogP) is 1.91. The molecule has 0 spiro atoms. The van der Waals surface area contributed by atoms with Crippen LogP contribution in [-0.2, 0) is 9.53 Å². The van der Waals surface area contributed by atoms with Crippen molar-refractivity contribution < 1.29 is 14.6 Å². The lowest BCUT2D eigenvalue weighted by Crippen LogP contribution is -2.50. The summed E-state index contributed by atoms with van der Waals surface area (Å²) in [5.74, 6) is -0.243. The summed E-state index contributed by atoms with van der Waals surface area (Å²) in [6, 6.07) is 0. The van der Waals surface area contributed by atoms with Crippen molar-refractivity contribution in [3.63, 3.8) is 0 Å². The highest BCUT2D eigenvalue weighted by Gasteiger charge is 2.47. The Morgan fingerprint density at radius 3 is 2.46 bits per heavy atom. The van der Waals surface area contributed by atoms with Crippen molar-refractivity contribution in [1.82, 2.24) is 0 Å². The van der Waals surface area contributed by atoms with Gasteiger partial charge in [-0.2, -0.15) is 0 Å². The highest BCUT2D eigenvalue weighted by molar-refractivity contribution is 5.78. The number of aliphatic carboxylic acids is 1. The van der Waals surface area contributed by atoms with Gasteiger partial charge in [0.15, 0.2) is 5.60 Å². The summed E-state index contributed by atoms with van der Waals surface area (Å²) < 4.78 is 5.22. The van der Waals surface area contributed by atoms with Crippen LogP contribution in [0.5, 0.6) is 0 Å². The maximum absolute atomic E-state index is 11.1. The standard InChI is InChI=1S/C10H18O3/c1-7-4-5-8(2)10(6-7,13-3)9(11)12/h7-8H,4-6H2,1-3H3,(H,11,12). The number of hydrogen-bond donors (Lipinski definition) is 1. The first-order chi connectivity index (χ1) is 6.03. The third-order valence-electron chi connectivity index (χ3n) is 3.27. The number of carboxylic acid groups (broad SMARTS) is 1. The maximum Gasteiger partial charge on any atom is 0.336 e. The molecule has 76 valence electrons. The lowest BCUT2D eigenvalue weighted by atomic mass is 9.72. The lowest BCUT2D eigenvalue weighted by molar-refractivity contribution is -0.176. The minimum Gasteiger partial charge on any atom is -0.479 e. The molecular formula is C10H18O3. The molecule has 0 aliphatic heterocycles. The number of hydrogen-bond acceptors (Lipinski definition) is 2. The summed E-state index contributed by atoms with van der Waals surface area (Å²) in [7, 11) is 1.50. The number of rotatable bonds is 2. The van der Waals surface area contributed by atoms with E-state index < -0.39 is 11.6 Å². The van der Waals surface area contributed by atoms with E-state index in [1.807, 2.05) is 6.92 Å². The zero-order chi connectivity index (χ0) is 10.1. The van der Waals surface area contributed by atoms with Crippen molar-refractivity contribution in [2.24, 2.45) is 11.8 Å². The van der Waals surface area contributed by atoms with Crippen LogP contribution in [-0.4, -0.2) is 23.8 Å². The van der Waals surface area contributed by atoms with Crippen LogP contribution >= 0.6 is 0 Å². The Morgan fingerprint density at radius 1 is 1.46 bits per heavy atom. The Labute approximate surface area is 79.1 Å². The molecule has 3 atom stereocenters. The number of methoxy groups -OCH3 is 1. The monoisotopic (exact) mass is 186 g/mol. The van der Waals surface area contributed by atoms with Crippen LogP contribution in [0.1, 0.15) is 33.1 Å². The van der Waals surface area contributed by atoms with Crippen molar-refractivity contribution in [3.8, 4) is 0 Å². The van der Waals surface area contributed by atoms with E-state index in [0.717, 1.165) is 12.8 Å². The highest BCUT2D eigenvalue weighted by Crippen LogP contribution is 2.39. The number of ether oxygens (including phenoxy) is 1. The zero-order valence-corrected chi connectivity index (χ0v) is 8.54. The molecule has 0 aromatic carbocycles. The molecule has 1 rings (SSSR count). The molecule has 1 N–H and O–H groups in total. The van der Waals surface area contributed by atoms with Crippen molar-refractivity contribution in [3.05, 3.63) is 0 Å². The molecule has 1 fully saturated rings. The van der Waals surface area contributed by atoms with Gasteiger partial charge in [-0.1, -0.05) is 20.3 Å². The van der Waals surface area contributed by atoms with E-state index in [9.17, 15) is 4.79 Å². The minimum atomic E-state index is -0.933. The van der Waals surface area contributed by atoms with Gasteiger partial charge in [-0.15, -0.1) is 0 Å². The molecule has 0 amide bonds. The van der Waals surface area contributed by atoms with E-state index in [4.69, 9.17) is 9.84 Å². The van der Waals surface area contributed by atoms with Gasteiger partial charge in [0, 0.05) is 7.11 Å². The van der Waals surface area contributed by atoms with Gasteiger partial charge in [-0.25, -0.2) is 4.79 Å². The molecule has 0 aromatic rings. The molecule has 3 nitrogen and oxygen atoms in total. The second kappa shape index (κ2) is 3.66. The van der Waals surface area contributed by atoms with E-state index >= 15 is 0 Å². The van der Waals surface area contributed by atoms with Crippen molar-refractivity contribution in [2.45, 2.75) is 38.7 Å². The van der Waals surface area contributed by atoms with Crippen LogP contribution in [0.25, 0.3) is 0 Å². The average molecular weight is 186 g/mol. The molecule has 1 aliphatic rings. The van der Waals surface area contributed by atoms with Crippen molar-refractivity contribution >= 4 is 5.97 Å². The van der Waals surface area contributed by atoms with Crippen LogP contribution in [0, 0.1) is 11.8 Å². The van der Waals surface area contributed by atoms with Gasteiger partial charge in [0.2, 0.25) is 0 Å². The summed E-state index contributed by atoms with van der Waals surface area (Å²) in [5.41, 5.74) is -0.933. The van der Waals surface area contributed by atoms with Gasteiger partial charge in [0.1, 0.15) is 0 Å². The van der Waals surface area contributed by atoms with Gasteiger partial charge in [0.05, 0.1) is 0 Å². The second-order valence-corrected chi connectivity index (χ2v) is 4.19. The van der Waals surface area contributed by atoms with E-state index in [2.05, 4.69) is 6.92 Å². The van der Waals surface area contributed by atoms with E-state index in [0.29, 0.717) is 12.3 Å². The molecule has 0 bridgehead atoms. The zero-order valence-electron chi connectivity index (χ0n) is 8.54. The third-order valence-corrected chi connectivity index (χ3v) is 3.27. The summed E-state index contributed by atoms with van der Waals surface area (Å²) >= 11 is 0. The number of carbonyl (C=O) groups is 1. The fourth-order valence-electron chi connectivity index (χ4n) is 2.26. The average Bonchev–Trinajstić information content (AvgIpc) is 2.09. The van der Waals surface area contributed by atoms with Crippen molar-refractivity contribution in [1.29, 1.82) is 0 Å². The normalized spacial score (nSPS) is 40.2.